The molecule has 0 spiro atoms. The van der Waals surface area contributed by atoms with E-state index in [2.05, 4.69) is 11.4 Å². The van der Waals surface area contributed by atoms with Crippen LogP contribution in [0.4, 0.5) is 10.1 Å². The van der Waals surface area contributed by atoms with Crippen LogP contribution in [0, 0.1) is 11.7 Å². The summed E-state index contributed by atoms with van der Waals surface area (Å²) in [7, 11) is 0. The largest absolute Gasteiger partial charge is 0.396 e. The summed E-state index contributed by atoms with van der Waals surface area (Å²) in [5.74, 6) is 0.0949. The van der Waals surface area contributed by atoms with Crippen LogP contribution >= 0.6 is 0 Å². The van der Waals surface area contributed by atoms with Gasteiger partial charge in [-0.2, -0.15) is 0 Å². The normalized spacial score (nSPS) is 21.0. The number of hydrogen-bond acceptors (Lipinski definition) is 3. The summed E-state index contributed by atoms with van der Waals surface area (Å²) in [6, 6.07) is 5.72. The molecule has 1 aromatic rings. The van der Waals surface area contributed by atoms with Crippen molar-refractivity contribution in [2.45, 2.75) is 32.9 Å². The highest BCUT2D eigenvalue weighted by molar-refractivity contribution is 5.49. The molecular formula is C17H25FN2O. The number of nitrogens with zero attached hydrogens (tertiary/aromatic N) is 1. The molecule has 1 aliphatic carbocycles. The molecule has 0 unspecified atom stereocenters. The number of benzene rings is 1. The molecule has 0 amide bonds. The summed E-state index contributed by atoms with van der Waals surface area (Å²) >= 11 is 0. The number of rotatable bonds is 7. The molecule has 2 N–H and O–H groups in total. The number of aliphatic hydroxyl groups is 1. The van der Waals surface area contributed by atoms with Gasteiger partial charge in [0.2, 0.25) is 0 Å². The fourth-order valence-electron chi connectivity index (χ4n) is 2.79. The van der Waals surface area contributed by atoms with Gasteiger partial charge in [0.05, 0.1) is 5.69 Å². The number of aliphatic hydroxyl groups excluding tert-OH is 1. The first kappa shape index (κ1) is 16.0. The van der Waals surface area contributed by atoms with E-state index in [1.807, 2.05) is 37.0 Å². The van der Waals surface area contributed by atoms with E-state index in [0.29, 0.717) is 12.2 Å². The highest BCUT2D eigenvalue weighted by Gasteiger charge is 2.17. The quantitative estimate of drug-likeness (QED) is 0.759. The second-order valence-electron chi connectivity index (χ2n) is 5.51. The molecule has 0 radical (unpaired) electrons. The summed E-state index contributed by atoms with van der Waals surface area (Å²) in [4.78, 5) is 2.01. The van der Waals surface area contributed by atoms with Crippen molar-refractivity contribution in [3.8, 4) is 0 Å². The van der Waals surface area contributed by atoms with E-state index in [0.717, 1.165) is 25.1 Å². The Morgan fingerprint density at radius 2 is 2.05 bits per heavy atom. The fourth-order valence-corrected chi connectivity index (χ4v) is 2.79. The van der Waals surface area contributed by atoms with Crippen LogP contribution in [-0.2, 0) is 6.54 Å². The smallest absolute Gasteiger partial charge is 0.146 e. The van der Waals surface area contributed by atoms with Crippen molar-refractivity contribution in [2.75, 3.05) is 24.6 Å². The molecule has 0 bridgehead atoms. The zero-order chi connectivity index (χ0) is 15.2. The van der Waals surface area contributed by atoms with E-state index < -0.39 is 0 Å². The molecule has 0 saturated carbocycles. The Hall–Kier alpha value is -1.39. The van der Waals surface area contributed by atoms with Gasteiger partial charge < -0.3 is 15.3 Å². The third-order valence-corrected chi connectivity index (χ3v) is 4.09. The van der Waals surface area contributed by atoms with E-state index in [1.54, 1.807) is 6.07 Å². The van der Waals surface area contributed by atoms with Crippen molar-refractivity contribution in [3.05, 3.63) is 41.7 Å². The molecule has 0 aliphatic heterocycles. The Morgan fingerprint density at radius 1 is 1.29 bits per heavy atom. The molecule has 0 aromatic heterocycles. The Morgan fingerprint density at radius 3 is 2.62 bits per heavy atom. The summed E-state index contributed by atoms with van der Waals surface area (Å²) in [6.07, 6.45) is 5.04. The highest BCUT2D eigenvalue weighted by atomic mass is 19.1. The summed E-state index contributed by atoms with van der Waals surface area (Å²) in [6.45, 7) is 6.51. The predicted molar refractivity (Wildman–Crippen MR) is 84.9 cm³/mol. The molecule has 21 heavy (non-hydrogen) atoms. The average Bonchev–Trinajstić information content (AvgIpc) is 2.96. The molecule has 0 heterocycles. The van der Waals surface area contributed by atoms with Gasteiger partial charge in [-0.25, -0.2) is 4.39 Å². The van der Waals surface area contributed by atoms with Gasteiger partial charge in [0, 0.05) is 38.2 Å². The third kappa shape index (κ3) is 4.05. The zero-order valence-electron chi connectivity index (χ0n) is 12.8. The lowest BCUT2D eigenvalue weighted by molar-refractivity contribution is 0.246. The second kappa shape index (κ2) is 7.57. The highest BCUT2D eigenvalue weighted by Crippen LogP contribution is 2.21. The van der Waals surface area contributed by atoms with Crippen molar-refractivity contribution in [1.29, 1.82) is 0 Å². The Bertz CT molecular complexity index is 486. The minimum atomic E-state index is -0.159. The molecule has 1 aromatic carbocycles. The maximum Gasteiger partial charge on any atom is 0.146 e. The van der Waals surface area contributed by atoms with Crippen molar-refractivity contribution in [1.82, 2.24) is 5.32 Å². The van der Waals surface area contributed by atoms with Crippen molar-refractivity contribution in [2.24, 2.45) is 5.92 Å². The fraction of sp³-hybridized carbons (Fsp3) is 0.529. The van der Waals surface area contributed by atoms with E-state index in [9.17, 15) is 4.39 Å². The summed E-state index contributed by atoms with van der Waals surface area (Å²) < 4.78 is 14.2. The Balaban J connectivity index is 1.93. The molecule has 116 valence electrons. The van der Waals surface area contributed by atoms with E-state index in [-0.39, 0.29) is 24.4 Å². The molecule has 1 aliphatic rings. The van der Waals surface area contributed by atoms with Crippen LogP contribution in [0.1, 0.15) is 25.8 Å². The van der Waals surface area contributed by atoms with Gasteiger partial charge in [0.25, 0.3) is 0 Å². The number of halogens is 1. The first-order valence-electron chi connectivity index (χ1n) is 7.73. The summed E-state index contributed by atoms with van der Waals surface area (Å²) in [5, 5.41) is 12.5. The van der Waals surface area contributed by atoms with Crippen LogP contribution in [0.25, 0.3) is 0 Å². The second-order valence-corrected chi connectivity index (χ2v) is 5.51. The predicted octanol–water partition coefficient (Wildman–Crippen LogP) is 2.70. The van der Waals surface area contributed by atoms with Gasteiger partial charge in [-0.1, -0.05) is 18.2 Å². The molecule has 4 heteroatoms. The van der Waals surface area contributed by atoms with Crippen LogP contribution in [0.3, 0.4) is 0 Å². The first-order valence-corrected chi connectivity index (χ1v) is 7.73. The summed E-state index contributed by atoms with van der Waals surface area (Å²) in [5.41, 5.74) is 1.62. The standard InChI is InChI=1S/C17H25FN2O/c1-3-20(4-2)17-8-6-13(10-16(17)18)11-19-15-7-5-14(9-15)12-21/h5-8,10,14-15,19,21H,3-4,9,11-12H2,1-2H3/t14-,15+/m0/s1. The topological polar surface area (TPSA) is 35.5 Å². The number of hydrogen-bond donors (Lipinski definition) is 2. The van der Waals surface area contributed by atoms with Gasteiger partial charge in [-0.15, -0.1) is 0 Å². The minimum absolute atomic E-state index is 0.159. The monoisotopic (exact) mass is 292 g/mol. The van der Waals surface area contributed by atoms with Gasteiger partial charge in [0.1, 0.15) is 5.82 Å². The van der Waals surface area contributed by atoms with E-state index in [4.69, 9.17) is 5.11 Å². The van der Waals surface area contributed by atoms with Crippen LogP contribution in [-0.4, -0.2) is 30.8 Å². The molecule has 2 atom stereocenters. The van der Waals surface area contributed by atoms with Crippen LogP contribution in [0.5, 0.6) is 0 Å². The average molecular weight is 292 g/mol. The molecular weight excluding hydrogens is 267 g/mol. The molecule has 0 fully saturated rings. The van der Waals surface area contributed by atoms with Gasteiger partial charge in [0.15, 0.2) is 0 Å². The van der Waals surface area contributed by atoms with Crippen LogP contribution in [0.15, 0.2) is 30.4 Å². The van der Waals surface area contributed by atoms with Gasteiger partial charge in [-0.3, -0.25) is 0 Å². The molecule has 2 rings (SSSR count). The number of anilines is 1. The maximum absolute atomic E-state index is 14.2. The van der Waals surface area contributed by atoms with Crippen molar-refractivity contribution < 1.29 is 9.50 Å². The number of nitrogens with one attached hydrogen (secondary N) is 1. The van der Waals surface area contributed by atoms with Crippen molar-refractivity contribution >= 4 is 5.69 Å². The third-order valence-electron chi connectivity index (χ3n) is 4.09. The lowest BCUT2D eigenvalue weighted by atomic mass is 10.1. The molecule has 3 nitrogen and oxygen atoms in total. The zero-order valence-corrected chi connectivity index (χ0v) is 12.8. The van der Waals surface area contributed by atoms with Crippen LogP contribution < -0.4 is 10.2 Å². The van der Waals surface area contributed by atoms with E-state index >= 15 is 0 Å². The lowest BCUT2D eigenvalue weighted by Crippen LogP contribution is -2.26. The Labute approximate surface area is 126 Å². The minimum Gasteiger partial charge on any atom is -0.396 e. The Kier molecular flexibility index (Phi) is 5.76. The maximum atomic E-state index is 14.2. The van der Waals surface area contributed by atoms with Gasteiger partial charge in [-0.05, 0) is 38.0 Å². The molecule has 0 saturated heterocycles. The van der Waals surface area contributed by atoms with E-state index in [1.165, 1.54) is 0 Å². The SMILES string of the molecule is CCN(CC)c1ccc(CN[C@@H]2C=C[C@H](CO)C2)cc1F. The van der Waals surface area contributed by atoms with Crippen molar-refractivity contribution in [3.63, 3.8) is 0 Å². The lowest BCUT2D eigenvalue weighted by Gasteiger charge is -2.22. The van der Waals surface area contributed by atoms with Gasteiger partial charge >= 0.3 is 0 Å². The first-order chi connectivity index (χ1) is 10.2. The van der Waals surface area contributed by atoms with Crippen LogP contribution in [0.2, 0.25) is 0 Å².